The summed E-state index contributed by atoms with van der Waals surface area (Å²) in [6, 6.07) is 12.4. The van der Waals surface area contributed by atoms with Crippen LogP contribution in [0.25, 0.3) is 0 Å². The third kappa shape index (κ3) is 4.24. The van der Waals surface area contributed by atoms with Crippen LogP contribution in [0.3, 0.4) is 0 Å². The van der Waals surface area contributed by atoms with Gasteiger partial charge in [-0.2, -0.15) is 5.10 Å². The first-order valence-electron chi connectivity index (χ1n) is 6.52. The average molecular weight is 299 g/mol. The van der Waals surface area contributed by atoms with Crippen molar-refractivity contribution in [3.8, 4) is 0 Å². The highest BCUT2D eigenvalue weighted by molar-refractivity contribution is 5.96. The number of rotatable bonds is 4. The third-order valence-electron chi connectivity index (χ3n) is 2.74. The molecular weight excluding hydrogens is 285 g/mol. The van der Waals surface area contributed by atoms with Gasteiger partial charge in [-0.25, -0.2) is 9.82 Å². The lowest BCUT2D eigenvalue weighted by molar-refractivity contribution is -0.114. The fourth-order valence-electron chi connectivity index (χ4n) is 1.71. The van der Waals surface area contributed by atoms with Crippen molar-refractivity contribution < 1.29 is 14.0 Å². The molecule has 0 radical (unpaired) electrons. The number of carbonyl (C=O) groups excluding carboxylic acids is 2. The number of carbonyl (C=O) groups is 2. The van der Waals surface area contributed by atoms with E-state index in [2.05, 4.69) is 15.8 Å². The highest BCUT2D eigenvalue weighted by atomic mass is 19.1. The van der Waals surface area contributed by atoms with E-state index < -0.39 is 11.7 Å². The van der Waals surface area contributed by atoms with Crippen LogP contribution in [-0.2, 0) is 4.79 Å². The van der Waals surface area contributed by atoms with E-state index in [1.165, 1.54) is 19.2 Å². The van der Waals surface area contributed by atoms with Crippen molar-refractivity contribution in [2.24, 2.45) is 5.10 Å². The van der Waals surface area contributed by atoms with E-state index in [0.29, 0.717) is 11.3 Å². The van der Waals surface area contributed by atoms with Crippen molar-refractivity contribution in [3.05, 3.63) is 65.5 Å². The fourth-order valence-corrected chi connectivity index (χ4v) is 1.71. The number of amides is 2. The molecule has 0 bridgehead atoms. The Labute approximate surface area is 126 Å². The molecule has 5 nitrogen and oxygen atoms in total. The predicted octanol–water partition coefficient (Wildman–Crippen LogP) is 2.55. The van der Waals surface area contributed by atoms with Gasteiger partial charge in [0.15, 0.2) is 0 Å². The smallest absolute Gasteiger partial charge is 0.271 e. The molecule has 2 N–H and O–H groups in total. The number of anilines is 1. The molecule has 0 aliphatic carbocycles. The Hall–Kier alpha value is -3.02. The monoisotopic (exact) mass is 299 g/mol. The second-order valence-electron chi connectivity index (χ2n) is 4.48. The average Bonchev–Trinajstić information content (AvgIpc) is 2.49. The summed E-state index contributed by atoms with van der Waals surface area (Å²) < 4.78 is 13.3. The maximum absolute atomic E-state index is 13.3. The van der Waals surface area contributed by atoms with Gasteiger partial charge in [0.25, 0.3) is 5.91 Å². The lowest BCUT2D eigenvalue weighted by atomic mass is 10.2. The molecule has 0 aliphatic heterocycles. The highest BCUT2D eigenvalue weighted by Crippen LogP contribution is 2.09. The number of hydrogen-bond donors (Lipinski definition) is 2. The minimum absolute atomic E-state index is 0.188. The van der Waals surface area contributed by atoms with Crippen LogP contribution in [0, 0.1) is 5.82 Å². The Bertz CT molecular complexity index is 712. The van der Waals surface area contributed by atoms with Crippen LogP contribution in [0.1, 0.15) is 22.8 Å². The third-order valence-corrected chi connectivity index (χ3v) is 2.74. The predicted molar refractivity (Wildman–Crippen MR) is 82.2 cm³/mol. The van der Waals surface area contributed by atoms with Gasteiger partial charge in [-0.3, -0.25) is 9.59 Å². The van der Waals surface area contributed by atoms with Gasteiger partial charge in [0.05, 0.1) is 6.21 Å². The quantitative estimate of drug-likeness (QED) is 0.673. The second kappa shape index (κ2) is 7.12. The van der Waals surface area contributed by atoms with E-state index >= 15 is 0 Å². The molecule has 0 unspecified atom stereocenters. The maximum atomic E-state index is 13.3. The van der Waals surface area contributed by atoms with Crippen LogP contribution in [0.15, 0.2) is 53.6 Å². The Kier molecular flexibility index (Phi) is 4.98. The second-order valence-corrected chi connectivity index (χ2v) is 4.48. The molecule has 0 saturated heterocycles. The Morgan fingerprint density at radius 3 is 2.41 bits per heavy atom. The van der Waals surface area contributed by atoms with Crippen molar-refractivity contribution in [3.63, 3.8) is 0 Å². The zero-order valence-electron chi connectivity index (χ0n) is 11.8. The van der Waals surface area contributed by atoms with Gasteiger partial charge in [-0.05, 0) is 30.3 Å². The van der Waals surface area contributed by atoms with E-state index in [0.717, 1.165) is 0 Å². The number of halogens is 1. The van der Waals surface area contributed by atoms with Gasteiger partial charge in [0.1, 0.15) is 5.82 Å². The summed E-state index contributed by atoms with van der Waals surface area (Å²) in [5.41, 5.74) is 3.56. The summed E-state index contributed by atoms with van der Waals surface area (Å²) in [5.74, 6) is -1.03. The number of nitrogens with one attached hydrogen (secondary N) is 2. The zero-order chi connectivity index (χ0) is 15.9. The first kappa shape index (κ1) is 15.4. The van der Waals surface area contributed by atoms with Crippen molar-refractivity contribution in [2.75, 3.05) is 5.32 Å². The molecular formula is C16H14FN3O2. The maximum Gasteiger partial charge on any atom is 0.271 e. The van der Waals surface area contributed by atoms with E-state index in [1.54, 1.807) is 42.5 Å². The van der Waals surface area contributed by atoms with Crippen molar-refractivity contribution >= 4 is 23.7 Å². The van der Waals surface area contributed by atoms with Crippen LogP contribution in [-0.4, -0.2) is 18.0 Å². The number of nitrogens with zero attached hydrogens (tertiary/aromatic N) is 1. The van der Waals surface area contributed by atoms with Crippen LogP contribution >= 0.6 is 0 Å². The molecule has 0 aromatic heterocycles. The van der Waals surface area contributed by atoms with E-state index in [9.17, 15) is 14.0 Å². The summed E-state index contributed by atoms with van der Waals surface area (Å²) in [4.78, 5) is 22.7. The summed E-state index contributed by atoms with van der Waals surface area (Å²) in [7, 11) is 0. The van der Waals surface area contributed by atoms with Crippen LogP contribution in [0.5, 0.6) is 0 Å². The van der Waals surface area contributed by atoms with E-state index in [-0.39, 0.29) is 11.5 Å². The molecule has 0 saturated carbocycles. The van der Waals surface area contributed by atoms with Crippen molar-refractivity contribution in [1.82, 2.24) is 5.43 Å². The van der Waals surface area contributed by atoms with Crippen LogP contribution in [0.2, 0.25) is 0 Å². The SMILES string of the molecule is CC(=O)Nc1ccc(C(=O)N/N=C/c2ccccc2F)cc1. The summed E-state index contributed by atoms with van der Waals surface area (Å²) in [5, 5.41) is 6.32. The van der Waals surface area contributed by atoms with Gasteiger partial charge in [0.2, 0.25) is 5.91 Å². The van der Waals surface area contributed by atoms with Gasteiger partial charge in [-0.15, -0.1) is 0 Å². The fraction of sp³-hybridized carbons (Fsp3) is 0.0625. The highest BCUT2D eigenvalue weighted by Gasteiger charge is 2.04. The molecule has 0 atom stereocenters. The molecule has 6 heteroatoms. The number of hydrazone groups is 1. The molecule has 0 spiro atoms. The van der Waals surface area contributed by atoms with Crippen molar-refractivity contribution in [2.45, 2.75) is 6.92 Å². The van der Waals surface area contributed by atoms with Gasteiger partial charge >= 0.3 is 0 Å². The minimum Gasteiger partial charge on any atom is -0.326 e. The van der Waals surface area contributed by atoms with Crippen molar-refractivity contribution in [1.29, 1.82) is 0 Å². The first-order valence-corrected chi connectivity index (χ1v) is 6.52. The van der Waals surface area contributed by atoms with Crippen LogP contribution < -0.4 is 10.7 Å². The van der Waals surface area contributed by atoms with Gasteiger partial charge in [0, 0.05) is 23.7 Å². The summed E-state index contributed by atoms with van der Waals surface area (Å²) in [6.07, 6.45) is 1.24. The van der Waals surface area contributed by atoms with E-state index in [1.807, 2.05) is 0 Å². The molecule has 0 heterocycles. The zero-order valence-corrected chi connectivity index (χ0v) is 11.8. The molecule has 22 heavy (non-hydrogen) atoms. The molecule has 2 amide bonds. The van der Waals surface area contributed by atoms with Crippen LogP contribution in [0.4, 0.5) is 10.1 Å². The van der Waals surface area contributed by atoms with Gasteiger partial charge < -0.3 is 5.32 Å². The molecule has 2 aromatic rings. The molecule has 0 fully saturated rings. The standard InChI is InChI=1S/C16H14FN3O2/c1-11(21)19-14-8-6-12(7-9-14)16(22)20-18-10-13-4-2-3-5-15(13)17/h2-10H,1H3,(H,19,21)(H,20,22)/b18-10+. The normalized spacial score (nSPS) is 10.5. The van der Waals surface area contributed by atoms with Gasteiger partial charge in [-0.1, -0.05) is 18.2 Å². The Morgan fingerprint density at radius 1 is 1.09 bits per heavy atom. The lowest BCUT2D eigenvalue weighted by Crippen LogP contribution is -2.17. The minimum atomic E-state index is -0.429. The number of benzene rings is 2. The Morgan fingerprint density at radius 2 is 1.77 bits per heavy atom. The summed E-state index contributed by atoms with van der Waals surface area (Å²) in [6.45, 7) is 1.40. The molecule has 2 rings (SSSR count). The lowest BCUT2D eigenvalue weighted by Gasteiger charge is -2.03. The topological polar surface area (TPSA) is 70.6 Å². The van der Waals surface area contributed by atoms with E-state index in [4.69, 9.17) is 0 Å². The first-order chi connectivity index (χ1) is 10.6. The Balaban J connectivity index is 1.97. The summed E-state index contributed by atoms with van der Waals surface area (Å²) >= 11 is 0. The molecule has 0 aliphatic rings. The molecule has 112 valence electrons. The largest absolute Gasteiger partial charge is 0.326 e. The number of hydrogen-bond acceptors (Lipinski definition) is 3. The molecule has 2 aromatic carbocycles.